The van der Waals surface area contributed by atoms with Crippen LogP contribution in [-0.2, 0) is 6.54 Å². The normalized spacial score (nSPS) is 16.8. The van der Waals surface area contributed by atoms with Crippen LogP contribution in [0.25, 0.3) is 0 Å². The fourth-order valence-electron chi connectivity index (χ4n) is 2.85. The van der Waals surface area contributed by atoms with Gasteiger partial charge in [-0.15, -0.1) is 24.8 Å². The summed E-state index contributed by atoms with van der Waals surface area (Å²) in [6, 6.07) is 7.06. The molecular formula is C17H22Cl2F2N2O2. The molecule has 2 aromatic rings. The molecule has 0 aliphatic carbocycles. The Morgan fingerprint density at radius 2 is 1.72 bits per heavy atom. The molecule has 4 nitrogen and oxygen atoms in total. The maximum atomic E-state index is 13.7. The summed E-state index contributed by atoms with van der Waals surface area (Å²) in [5.41, 5.74) is 0.383. The van der Waals surface area contributed by atoms with Crippen LogP contribution in [0.2, 0.25) is 0 Å². The molecule has 2 heterocycles. The van der Waals surface area contributed by atoms with E-state index in [0.717, 1.165) is 32.2 Å². The van der Waals surface area contributed by atoms with E-state index in [2.05, 4.69) is 9.80 Å². The molecule has 0 spiro atoms. The van der Waals surface area contributed by atoms with Gasteiger partial charge >= 0.3 is 0 Å². The number of aliphatic hydroxyl groups excluding tert-OH is 1. The van der Waals surface area contributed by atoms with Gasteiger partial charge in [0.25, 0.3) is 0 Å². The summed E-state index contributed by atoms with van der Waals surface area (Å²) in [5, 5.41) is 10.1. The first-order chi connectivity index (χ1) is 11.1. The minimum Gasteiger partial charge on any atom is -0.467 e. The van der Waals surface area contributed by atoms with E-state index >= 15 is 0 Å². The molecule has 25 heavy (non-hydrogen) atoms. The molecule has 1 atom stereocenters. The quantitative estimate of drug-likeness (QED) is 0.844. The summed E-state index contributed by atoms with van der Waals surface area (Å²) < 4.78 is 32.1. The molecule has 1 unspecified atom stereocenters. The third-order valence-electron chi connectivity index (χ3n) is 4.17. The van der Waals surface area contributed by atoms with Crippen LogP contribution in [0.5, 0.6) is 0 Å². The van der Waals surface area contributed by atoms with Crippen LogP contribution in [0.4, 0.5) is 8.78 Å². The van der Waals surface area contributed by atoms with E-state index in [0.29, 0.717) is 24.4 Å². The number of piperazine rings is 1. The van der Waals surface area contributed by atoms with E-state index in [4.69, 9.17) is 4.42 Å². The molecule has 8 heteroatoms. The number of furan rings is 1. The zero-order chi connectivity index (χ0) is 16.2. The van der Waals surface area contributed by atoms with Crippen molar-refractivity contribution in [1.29, 1.82) is 0 Å². The largest absolute Gasteiger partial charge is 0.467 e. The highest BCUT2D eigenvalue weighted by atomic mass is 35.5. The van der Waals surface area contributed by atoms with Crippen molar-refractivity contribution in [3.05, 3.63) is 59.6 Å². The molecule has 1 saturated heterocycles. The predicted octanol–water partition coefficient (Wildman–Crippen LogP) is 3.25. The zero-order valence-electron chi connectivity index (χ0n) is 13.6. The Labute approximate surface area is 158 Å². The van der Waals surface area contributed by atoms with Crippen molar-refractivity contribution < 1.29 is 18.3 Å². The van der Waals surface area contributed by atoms with Gasteiger partial charge in [0.1, 0.15) is 23.5 Å². The van der Waals surface area contributed by atoms with Gasteiger partial charge in [-0.25, -0.2) is 8.78 Å². The van der Waals surface area contributed by atoms with Crippen molar-refractivity contribution in [3.8, 4) is 0 Å². The van der Waals surface area contributed by atoms with Crippen LogP contribution in [-0.4, -0.2) is 47.6 Å². The van der Waals surface area contributed by atoms with Gasteiger partial charge in [-0.1, -0.05) is 0 Å². The second-order valence-corrected chi connectivity index (χ2v) is 5.84. The second kappa shape index (κ2) is 10.1. The SMILES string of the molecule is Cl.Cl.OC(CN1CCN(Cc2cc(F)ccc2F)CC1)c1ccco1. The standard InChI is InChI=1S/C17H20F2N2O2.2ClH/c18-14-3-4-15(19)13(10-14)11-20-5-7-21(8-6-20)12-16(22)17-2-1-9-23-17;;/h1-4,9-10,16,22H,5-8,11-12H2;2*1H. The summed E-state index contributed by atoms with van der Waals surface area (Å²) in [4.78, 5) is 4.24. The van der Waals surface area contributed by atoms with Crippen LogP contribution in [0, 0.1) is 11.6 Å². The van der Waals surface area contributed by atoms with Crippen molar-refractivity contribution in [1.82, 2.24) is 9.80 Å². The summed E-state index contributed by atoms with van der Waals surface area (Å²) >= 11 is 0. The molecule has 0 bridgehead atoms. The lowest BCUT2D eigenvalue weighted by atomic mass is 10.1. The van der Waals surface area contributed by atoms with Crippen molar-refractivity contribution in [2.75, 3.05) is 32.7 Å². The van der Waals surface area contributed by atoms with Crippen molar-refractivity contribution in [2.24, 2.45) is 0 Å². The maximum absolute atomic E-state index is 13.7. The lowest BCUT2D eigenvalue weighted by molar-refractivity contribution is 0.0595. The van der Waals surface area contributed by atoms with Gasteiger partial charge in [-0.05, 0) is 30.3 Å². The number of aliphatic hydroxyl groups is 1. The number of hydrogen-bond donors (Lipinski definition) is 1. The molecule has 0 amide bonds. The van der Waals surface area contributed by atoms with Crippen LogP contribution in [0.15, 0.2) is 41.0 Å². The van der Waals surface area contributed by atoms with Gasteiger partial charge in [0.05, 0.1) is 6.26 Å². The van der Waals surface area contributed by atoms with E-state index in [1.807, 2.05) is 0 Å². The number of halogens is 4. The predicted molar refractivity (Wildman–Crippen MR) is 96.2 cm³/mol. The second-order valence-electron chi connectivity index (χ2n) is 5.84. The Kier molecular flexibility index (Phi) is 8.82. The number of β-amino-alcohol motifs (C(OH)–C–C–N with tert-alkyl or cyclic N) is 1. The Bertz CT molecular complexity index is 636. The Balaban J connectivity index is 0.00000156. The number of rotatable bonds is 5. The lowest BCUT2D eigenvalue weighted by Gasteiger charge is -2.35. The summed E-state index contributed by atoms with van der Waals surface area (Å²) in [7, 11) is 0. The minimum absolute atomic E-state index is 0. The summed E-state index contributed by atoms with van der Waals surface area (Å²) in [6.07, 6.45) is 0.904. The molecular weight excluding hydrogens is 373 g/mol. The van der Waals surface area contributed by atoms with Gasteiger partial charge in [0, 0.05) is 44.8 Å². The highest BCUT2D eigenvalue weighted by Crippen LogP contribution is 2.17. The smallest absolute Gasteiger partial charge is 0.133 e. The van der Waals surface area contributed by atoms with E-state index < -0.39 is 11.9 Å². The molecule has 1 aliphatic rings. The molecule has 1 aromatic heterocycles. The van der Waals surface area contributed by atoms with Gasteiger partial charge < -0.3 is 9.52 Å². The molecule has 1 fully saturated rings. The summed E-state index contributed by atoms with van der Waals surface area (Å²) in [5.74, 6) is -0.224. The van der Waals surface area contributed by atoms with Gasteiger partial charge in [-0.2, -0.15) is 0 Å². The molecule has 1 N–H and O–H groups in total. The molecule has 1 aliphatic heterocycles. The molecule has 3 rings (SSSR count). The van der Waals surface area contributed by atoms with Crippen molar-refractivity contribution >= 4 is 24.8 Å². The third kappa shape index (κ3) is 5.94. The van der Waals surface area contributed by atoms with Gasteiger partial charge in [-0.3, -0.25) is 9.80 Å². The van der Waals surface area contributed by atoms with Crippen molar-refractivity contribution in [3.63, 3.8) is 0 Å². The van der Waals surface area contributed by atoms with E-state index in [9.17, 15) is 13.9 Å². The van der Waals surface area contributed by atoms with Crippen LogP contribution >= 0.6 is 24.8 Å². The average molecular weight is 395 g/mol. The monoisotopic (exact) mass is 394 g/mol. The number of hydrogen-bond acceptors (Lipinski definition) is 4. The van der Waals surface area contributed by atoms with Crippen LogP contribution in [0.3, 0.4) is 0 Å². The highest BCUT2D eigenvalue weighted by molar-refractivity contribution is 5.85. The molecule has 0 saturated carbocycles. The van der Waals surface area contributed by atoms with Crippen LogP contribution < -0.4 is 0 Å². The van der Waals surface area contributed by atoms with Crippen LogP contribution in [0.1, 0.15) is 17.4 Å². The maximum Gasteiger partial charge on any atom is 0.133 e. The van der Waals surface area contributed by atoms with Crippen molar-refractivity contribution in [2.45, 2.75) is 12.6 Å². The number of nitrogens with zero attached hydrogens (tertiary/aromatic N) is 2. The fraction of sp³-hybridized carbons (Fsp3) is 0.412. The van der Waals surface area contributed by atoms with Gasteiger partial charge in [0.2, 0.25) is 0 Å². The first-order valence-electron chi connectivity index (χ1n) is 7.72. The first kappa shape index (κ1) is 21.9. The zero-order valence-corrected chi connectivity index (χ0v) is 15.2. The van der Waals surface area contributed by atoms with E-state index in [1.165, 1.54) is 12.1 Å². The molecule has 0 radical (unpaired) electrons. The lowest BCUT2D eigenvalue weighted by Crippen LogP contribution is -2.47. The highest BCUT2D eigenvalue weighted by Gasteiger charge is 2.21. The Morgan fingerprint density at radius 1 is 1.04 bits per heavy atom. The average Bonchev–Trinajstić information content (AvgIpc) is 3.07. The number of benzene rings is 1. The molecule has 140 valence electrons. The topological polar surface area (TPSA) is 39.9 Å². The third-order valence-corrected chi connectivity index (χ3v) is 4.17. The van der Waals surface area contributed by atoms with E-state index in [-0.39, 0.29) is 30.6 Å². The van der Waals surface area contributed by atoms with E-state index in [1.54, 1.807) is 18.4 Å². The Hall–Kier alpha value is -1.18. The Morgan fingerprint density at radius 3 is 2.36 bits per heavy atom. The minimum atomic E-state index is -0.641. The van der Waals surface area contributed by atoms with Gasteiger partial charge in [0.15, 0.2) is 0 Å². The first-order valence-corrected chi connectivity index (χ1v) is 7.72. The molecule has 1 aromatic carbocycles. The summed E-state index contributed by atoms with van der Waals surface area (Å²) in [6.45, 7) is 3.96. The fourth-order valence-corrected chi connectivity index (χ4v) is 2.85.